The van der Waals surface area contributed by atoms with E-state index in [1.165, 1.54) is 0 Å². The molecule has 2 saturated heterocycles. The average Bonchev–Trinajstić information content (AvgIpc) is 3.24. The van der Waals surface area contributed by atoms with Crippen LogP contribution in [0.3, 0.4) is 0 Å². The molecule has 3 heterocycles. The normalized spacial score (nSPS) is 17.4. The molecule has 0 radical (unpaired) electrons. The Balaban J connectivity index is 0.990. The second kappa shape index (κ2) is 11.1. The Hall–Kier alpha value is -3.45. The van der Waals surface area contributed by atoms with E-state index in [-0.39, 0.29) is 11.8 Å². The second-order valence-corrected chi connectivity index (χ2v) is 9.89. The lowest BCUT2D eigenvalue weighted by molar-refractivity contribution is -0.125. The van der Waals surface area contributed by atoms with Gasteiger partial charge in [-0.05, 0) is 56.5 Å². The first-order valence-electron chi connectivity index (χ1n) is 13.1. The van der Waals surface area contributed by atoms with Gasteiger partial charge in [-0.2, -0.15) is 0 Å². The molecule has 2 aliphatic heterocycles. The van der Waals surface area contributed by atoms with Crippen molar-refractivity contribution >= 4 is 28.4 Å². The summed E-state index contributed by atoms with van der Waals surface area (Å²) in [6, 6.07) is 20.0. The number of aromatic nitrogens is 1. The number of piperidine rings is 1. The molecular formula is C29H35N5O2. The molecule has 1 spiro atoms. The predicted molar refractivity (Wildman–Crippen MR) is 143 cm³/mol. The molecule has 0 saturated carbocycles. The second-order valence-electron chi connectivity index (χ2n) is 9.89. The number of hydrogen-bond donors (Lipinski definition) is 2. The minimum absolute atomic E-state index is 0.0593. The van der Waals surface area contributed by atoms with Gasteiger partial charge in [0.15, 0.2) is 0 Å². The molecule has 1 aromatic heterocycles. The summed E-state index contributed by atoms with van der Waals surface area (Å²) in [5, 5.41) is 7.08. The van der Waals surface area contributed by atoms with Gasteiger partial charge in [0.05, 0.1) is 17.7 Å². The van der Waals surface area contributed by atoms with Crippen molar-refractivity contribution in [3.8, 4) is 0 Å². The maximum absolute atomic E-state index is 12.8. The Kier molecular flexibility index (Phi) is 7.47. The highest BCUT2D eigenvalue weighted by Gasteiger charge is 2.50. The molecule has 2 fully saturated rings. The maximum Gasteiger partial charge on any atom is 0.252 e. The van der Waals surface area contributed by atoms with Gasteiger partial charge in [0.2, 0.25) is 5.91 Å². The molecule has 0 atom stereocenters. The van der Waals surface area contributed by atoms with Crippen molar-refractivity contribution < 1.29 is 9.59 Å². The van der Waals surface area contributed by atoms with Crippen molar-refractivity contribution in [1.82, 2.24) is 20.5 Å². The van der Waals surface area contributed by atoms with Gasteiger partial charge in [-0.3, -0.25) is 14.6 Å². The molecule has 188 valence electrons. The van der Waals surface area contributed by atoms with E-state index in [1.807, 2.05) is 48.5 Å². The minimum atomic E-state index is -0.406. The fourth-order valence-corrected chi connectivity index (χ4v) is 5.49. The number of anilines is 1. The number of nitrogens with zero attached hydrogens (tertiary/aromatic N) is 3. The molecule has 2 aromatic carbocycles. The first kappa shape index (κ1) is 24.3. The lowest BCUT2D eigenvalue weighted by Gasteiger charge is -2.43. The van der Waals surface area contributed by atoms with Crippen LogP contribution in [0.25, 0.3) is 10.9 Å². The minimum Gasteiger partial charge on any atom is -0.352 e. The fraction of sp³-hybridized carbons (Fsp3) is 0.414. The monoisotopic (exact) mass is 485 g/mol. The van der Waals surface area contributed by atoms with Crippen LogP contribution >= 0.6 is 0 Å². The molecule has 5 rings (SSSR count). The number of fused-ring (bicyclic) bond motifs is 1. The topological polar surface area (TPSA) is 77.6 Å². The number of nitrogens with one attached hydrogen (secondary N) is 2. The van der Waals surface area contributed by atoms with Crippen LogP contribution in [-0.2, 0) is 4.79 Å². The van der Waals surface area contributed by atoms with Crippen molar-refractivity contribution in [3.05, 3.63) is 72.4 Å². The van der Waals surface area contributed by atoms with E-state index < -0.39 is 5.54 Å². The van der Waals surface area contributed by atoms with E-state index in [4.69, 9.17) is 0 Å². The summed E-state index contributed by atoms with van der Waals surface area (Å²) in [6.45, 7) is 4.25. The number of carbonyl (C=O) groups excluding carboxylic acids is 2. The highest BCUT2D eigenvalue weighted by Crippen LogP contribution is 2.36. The van der Waals surface area contributed by atoms with E-state index in [9.17, 15) is 9.59 Å². The first-order chi connectivity index (χ1) is 17.7. The van der Waals surface area contributed by atoms with Gasteiger partial charge in [0, 0.05) is 36.9 Å². The number of likely N-dealkylation sites (tertiary alicyclic amines) is 1. The maximum atomic E-state index is 12.8. The smallest absolute Gasteiger partial charge is 0.252 e. The van der Waals surface area contributed by atoms with Crippen LogP contribution in [0.15, 0.2) is 66.9 Å². The van der Waals surface area contributed by atoms with Crippen LogP contribution < -0.4 is 15.5 Å². The Labute approximate surface area is 212 Å². The number of carbonyl (C=O) groups is 2. The molecule has 2 aliphatic rings. The number of pyridine rings is 1. The van der Waals surface area contributed by atoms with E-state index in [0.29, 0.717) is 18.8 Å². The Morgan fingerprint density at radius 3 is 2.56 bits per heavy atom. The standard InChI is InChI=1S/C29H35N5O2/c35-27(24-20-23-10-6-7-13-26(23)31-21-24)30-16-8-1-2-9-17-33-18-14-29(15-19-33)28(36)32-22-34(29)25-11-4-3-5-12-25/h3-7,10-13,20-21H,1-2,8-9,14-19,22H2,(H,30,35)(H,32,36). The van der Waals surface area contributed by atoms with Gasteiger partial charge in [-0.15, -0.1) is 0 Å². The van der Waals surface area contributed by atoms with Gasteiger partial charge in [0.1, 0.15) is 5.54 Å². The molecule has 7 heteroatoms. The van der Waals surface area contributed by atoms with Gasteiger partial charge < -0.3 is 20.4 Å². The van der Waals surface area contributed by atoms with Crippen LogP contribution in [0.2, 0.25) is 0 Å². The summed E-state index contributed by atoms with van der Waals surface area (Å²) in [4.78, 5) is 34.4. The lowest BCUT2D eigenvalue weighted by Crippen LogP contribution is -2.56. The van der Waals surface area contributed by atoms with Gasteiger partial charge >= 0.3 is 0 Å². The molecular weight excluding hydrogens is 450 g/mol. The Morgan fingerprint density at radius 1 is 0.972 bits per heavy atom. The summed E-state index contributed by atoms with van der Waals surface area (Å²) in [7, 11) is 0. The van der Waals surface area contributed by atoms with Crippen LogP contribution in [0.4, 0.5) is 5.69 Å². The fourth-order valence-electron chi connectivity index (χ4n) is 5.49. The number of para-hydroxylation sites is 2. The summed E-state index contributed by atoms with van der Waals surface area (Å²) in [5.74, 6) is 0.114. The van der Waals surface area contributed by atoms with Crippen molar-refractivity contribution in [1.29, 1.82) is 0 Å². The summed E-state index contributed by atoms with van der Waals surface area (Å²) in [6.07, 6.45) is 7.73. The van der Waals surface area contributed by atoms with Crippen molar-refractivity contribution in [2.24, 2.45) is 0 Å². The van der Waals surface area contributed by atoms with Gasteiger partial charge in [-0.25, -0.2) is 0 Å². The van der Waals surface area contributed by atoms with Gasteiger partial charge in [0.25, 0.3) is 5.91 Å². The van der Waals surface area contributed by atoms with Crippen LogP contribution in [0.1, 0.15) is 48.9 Å². The van der Waals surface area contributed by atoms with E-state index in [1.54, 1.807) is 6.20 Å². The third-order valence-electron chi connectivity index (χ3n) is 7.63. The molecule has 7 nitrogen and oxygen atoms in total. The summed E-state index contributed by atoms with van der Waals surface area (Å²) in [5.41, 5.74) is 2.22. The molecule has 2 amide bonds. The van der Waals surface area contributed by atoms with E-state index >= 15 is 0 Å². The van der Waals surface area contributed by atoms with Crippen LogP contribution in [0.5, 0.6) is 0 Å². The summed E-state index contributed by atoms with van der Waals surface area (Å²) < 4.78 is 0. The molecule has 2 N–H and O–H groups in total. The third kappa shape index (κ3) is 5.21. The Morgan fingerprint density at radius 2 is 1.72 bits per heavy atom. The molecule has 36 heavy (non-hydrogen) atoms. The number of amides is 2. The number of rotatable bonds is 9. The third-order valence-corrected chi connectivity index (χ3v) is 7.63. The number of unbranched alkanes of at least 4 members (excludes halogenated alkanes) is 3. The number of hydrogen-bond acceptors (Lipinski definition) is 5. The van der Waals surface area contributed by atoms with E-state index in [2.05, 4.69) is 37.6 Å². The number of benzene rings is 2. The van der Waals surface area contributed by atoms with E-state index in [0.717, 1.165) is 74.7 Å². The molecule has 0 bridgehead atoms. The predicted octanol–water partition coefficient (Wildman–Crippen LogP) is 3.95. The lowest BCUT2D eigenvalue weighted by atomic mass is 9.85. The first-order valence-corrected chi connectivity index (χ1v) is 13.1. The summed E-state index contributed by atoms with van der Waals surface area (Å²) >= 11 is 0. The van der Waals surface area contributed by atoms with Crippen LogP contribution in [0, 0.1) is 0 Å². The highest BCUT2D eigenvalue weighted by atomic mass is 16.2. The SMILES string of the molecule is O=C(NCCCCCCN1CCC2(CC1)C(=O)NCN2c1ccccc1)c1cnc2ccccc2c1. The van der Waals surface area contributed by atoms with Crippen molar-refractivity contribution in [3.63, 3.8) is 0 Å². The molecule has 0 aliphatic carbocycles. The van der Waals surface area contributed by atoms with Gasteiger partial charge in [-0.1, -0.05) is 49.2 Å². The molecule has 3 aromatic rings. The van der Waals surface area contributed by atoms with Crippen LogP contribution in [-0.4, -0.2) is 60.1 Å². The highest BCUT2D eigenvalue weighted by molar-refractivity contribution is 5.97. The zero-order valence-corrected chi connectivity index (χ0v) is 20.8. The molecule has 0 unspecified atom stereocenters. The van der Waals surface area contributed by atoms with Crippen molar-refractivity contribution in [2.75, 3.05) is 37.7 Å². The Bertz CT molecular complexity index is 1190. The van der Waals surface area contributed by atoms with Crippen molar-refractivity contribution in [2.45, 2.75) is 44.1 Å². The zero-order valence-electron chi connectivity index (χ0n) is 20.8. The average molecular weight is 486 g/mol. The largest absolute Gasteiger partial charge is 0.352 e. The zero-order chi connectivity index (χ0) is 24.8. The quantitative estimate of drug-likeness (QED) is 0.449.